The number of carboxylic acid groups (broad SMARTS) is 1. The SMILES string of the molecule is Cc1cc([N+](=O)[O-])ccc1C(=O)NC1(C(=O)O)CCCCCC1. The van der Waals surface area contributed by atoms with Crippen LogP contribution < -0.4 is 5.32 Å². The highest BCUT2D eigenvalue weighted by Crippen LogP contribution is 2.28. The molecule has 0 saturated heterocycles. The lowest BCUT2D eigenvalue weighted by atomic mass is 9.89. The van der Waals surface area contributed by atoms with Crippen molar-refractivity contribution in [2.24, 2.45) is 0 Å². The van der Waals surface area contributed by atoms with Gasteiger partial charge in [-0.2, -0.15) is 0 Å². The Morgan fingerprint density at radius 3 is 2.30 bits per heavy atom. The lowest BCUT2D eigenvalue weighted by molar-refractivity contribution is -0.384. The molecule has 0 bridgehead atoms. The normalized spacial score (nSPS) is 17.1. The number of nitro groups is 1. The van der Waals surface area contributed by atoms with Crippen LogP contribution >= 0.6 is 0 Å². The highest BCUT2D eigenvalue weighted by atomic mass is 16.6. The third-order valence-corrected chi connectivity index (χ3v) is 4.38. The second-order valence-electron chi connectivity index (χ2n) is 6.01. The predicted molar refractivity (Wildman–Crippen MR) is 83.4 cm³/mol. The van der Waals surface area contributed by atoms with Gasteiger partial charge in [0.05, 0.1) is 4.92 Å². The fourth-order valence-corrected chi connectivity index (χ4v) is 3.03. The summed E-state index contributed by atoms with van der Waals surface area (Å²) in [6.07, 6.45) is 4.24. The Morgan fingerprint density at radius 1 is 1.22 bits per heavy atom. The fourth-order valence-electron chi connectivity index (χ4n) is 3.03. The van der Waals surface area contributed by atoms with Gasteiger partial charge in [0.2, 0.25) is 0 Å². The zero-order chi connectivity index (χ0) is 17.0. The average Bonchev–Trinajstić information content (AvgIpc) is 2.73. The maximum Gasteiger partial charge on any atom is 0.329 e. The molecule has 1 aliphatic carbocycles. The fraction of sp³-hybridized carbons (Fsp3) is 0.500. The third-order valence-electron chi connectivity index (χ3n) is 4.38. The van der Waals surface area contributed by atoms with Gasteiger partial charge in [0.25, 0.3) is 11.6 Å². The van der Waals surface area contributed by atoms with Crippen LogP contribution in [-0.4, -0.2) is 27.4 Å². The summed E-state index contributed by atoms with van der Waals surface area (Å²) in [6.45, 7) is 1.60. The first-order valence-electron chi connectivity index (χ1n) is 7.67. The molecule has 0 atom stereocenters. The van der Waals surface area contributed by atoms with Gasteiger partial charge < -0.3 is 10.4 Å². The molecule has 23 heavy (non-hydrogen) atoms. The van der Waals surface area contributed by atoms with Crippen LogP contribution in [0.25, 0.3) is 0 Å². The highest BCUT2D eigenvalue weighted by molar-refractivity contribution is 5.99. The molecule has 1 amide bonds. The standard InChI is InChI=1S/C16H20N2O5/c1-11-10-12(18(22)23)6-7-13(11)14(19)17-16(15(20)21)8-4-2-3-5-9-16/h6-7,10H,2-5,8-9H2,1H3,(H,17,19)(H,20,21). The minimum Gasteiger partial charge on any atom is -0.480 e. The van der Waals surface area contributed by atoms with Gasteiger partial charge in [0.1, 0.15) is 5.54 Å². The lowest BCUT2D eigenvalue weighted by Gasteiger charge is -2.29. The van der Waals surface area contributed by atoms with Crippen LogP contribution in [0.4, 0.5) is 5.69 Å². The molecule has 0 aromatic heterocycles. The van der Waals surface area contributed by atoms with Gasteiger partial charge in [0.15, 0.2) is 0 Å². The summed E-state index contributed by atoms with van der Waals surface area (Å²) in [6, 6.07) is 3.94. The number of benzene rings is 1. The molecule has 7 nitrogen and oxygen atoms in total. The molecule has 1 aliphatic rings. The largest absolute Gasteiger partial charge is 0.480 e. The molecule has 0 unspecified atom stereocenters. The molecule has 1 aromatic carbocycles. The number of nitrogens with zero attached hydrogens (tertiary/aromatic N) is 1. The number of hydrogen-bond acceptors (Lipinski definition) is 4. The van der Waals surface area contributed by atoms with Gasteiger partial charge in [0, 0.05) is 17.7 Å². The number of carboxylic acids is 1. The van der Waals surface area contributed by atoms with Crippen LogP contribution in [0.5, 0.6) is 0 Å². The van der Waals surface area contributed by atoms with E-state index in [9.17, 15) is 24.8 Å². The Kier molecular flexibility index (Phi) is 4.98. The minimum atomic E-state index is -1.25. The second-order valence-corrected chi connectivity index (χ2v) is 6.01. The van der Waals surface area contributed by atoms with Crippen LogP contribution in [0.15, 0.2) is 18.2 Å². The van der Waals surface area contributed by atoms with Crippen molar-refractivity contribution in [1.29, 1.82) is 0 Å². The zero-order valence-electron chi connectivity index (χ0n) is 13.0. The summed E-state index contributed by atoms with van der Waals surface area (Å²) in [4.78, 5) is 34.4. The van der Waals surface area contributed by atoms with E-state index in [1.165, 1.54) is 18.2 Å². The van der Waals surface area contributed by atoms with E-state index < -0.39 is 22.3 Å². The summed E-state index contributed by atoms with van der Waals surface area (Å²) in [5, 5.41) is 23.0. The average molecular weight is 320 g/mol. The monoisotopic (exact) mass is 320 g/mol. The van der Waals surface area contributed by atoms with E-state index in [0.29, 0.717) is 18.4 Å². The molecule has 0 heterocycles. The summed E-state index contributed by atoms with van der Waals surface area (Å²) < 4.78 is 0. The summed E-state index contributed by atoms with van der Waals surface area (Å²) in [5.41, 5.74) is -0.630. The van der Waals surface area contributed by atoms with Gasteiger partial charge in [-0.1, -0.05) is 25.7 Å². The van der Waals surface area contributed by atoms with E-state index in [-0.39, 0.29) is 11.3 Å². The molecule has 1 aromatic rings. The Bertz CT molecular complexity index is 633. The summed E-state index contributed by atoms with van der Waals surface area (Å²) in [5.74, 6) is -1.52. The van der Waals surface area contributed by atoms with Crippen LogP contribution in [0, 0.1) is 17.0 Å². The summed E-state index contributed by atoms with van der Waals surface area (Å²) >= 11 is 0. The highest BCUT2D eigenvalue weighted by Gasteiger charge is 2.40. The van der Waals surface area contributed by atoms with E-state index in [2.05, 4.69) is 5.32 Å². The second kappa shape index (κ2) is 6.76. The van der Waals surface area contributed by atoms with Crippen LogP contribution in [0.1, 0.15) is 54.4 Å². The molecular formula is C16H20N2O5. The van der Waals surface area contributed by atoms with Gasteiger partial charge in [-0.15, -0.1) is 0 Å². The van der Waals surface area contributed by atoms with Crippen molar-refractivity contribution in [2.75, 3.05) is 0 Å². The topological polar surface area (TPSA) is 110 Å². The smallest absolute Gasteiger partial charge is 0.329 e. The summed E-state index contributed by atoms with van der Waals surface area (Å²) in [7, 11) is 0. The number of nitro benzene ring substituents is 1. The predicted octanol–water partition coefficient (Wildman–Crippen LogP) is 2.81. The van der Waals surface area contributed by atoms with Crippen LogP contribution in [0.3, 0.4) is 0 Å². The molecule has 0 aliphatic heterocycles. The lowest BCUT2D eigenvalue weighted by Crippen LogP contribution is -2.54. The van der Waals surface area contributed by atoms with E-state index in [1.807, 2.05) is 0 Å². The Hall–Kier alpha value is -2.44. The molecule has 7 heteroatoms. The van der Waals surface area contributed by atoms with Crippen molar-refractivity contribution < 1.29 is 19.6 Å². The molecule has 0 radical (unpaired) electrons. The van der Waals surface area contributed by atoms with Crippen LogP contribution in [0.2, 0.25) is 0 Å². The van der Waals surface area contributed by atoms with Crippen LogP contribution in [-0.2, 0) is 4.79 Å². The number of rotatable bonds is 4. The van der Waals surface area contributed by atoms with Crippen molar-refractivity contribution in [3.8, 4) is 0 Å². The molecule has 0 spiro atoms. The van der Waals surface area contributed by atoms with E-state index in [1.54, 1.807) is 6.92 Å². The maximum absolute atomic E-state index is 12.5. The van der Waals surface area contributed by atoms with E-state index in [0.717, 1.165) is 25.7 Å². The van der Waals surface area contributed by atoms with Gasteiger partial charge in [-0.3, -0.25) is 14.9 Å². The first-order chi connectivity index (χ1) is 10.9. The molecule has 2 N–H and O–H groups in total. The number of aliphatic carboxylic acids is 1. The molecule has 1 saturated carbocycles. The van der Waals surface area contributed by atoms with E-state index in [4.69, 9.17) is 0 Å². The first kappa shape index (κ1) is 16.9. The molecule has 2 rings (SSSR count). The number of amides is 1. The number of nitrogens with one attached hydrogen (secondary N) is 1. The van der Waals surface area contributed by atoms with Crippen molar-refractivity contribution in [3.63, 3.8) is 0 Å². The molecule has 1 fully saturated rings. The van der Waals surface area contributed by atoms with Gasteiger partial charge in [-0.05, 0) is 31.4 Å². The number of hydrogen-bond donors (Lipinski definition) is 2. The number of aryl methyl sites for hydroxylation is 1. The number of non-ortho nitro benzene ring substituents is 1. The minimum absolute atomic E-state index is 0.0959. The quantitative estimate of drug-likeness (QED) is 0.503. The Balaban J connectivity index is 2.25. The molecule has 124 valence electrons. The van der Waals surface area contributed by atoms with Crippen molar-refractivity contribution >= 4 is 17.6 Å². The van der Waals surface area contributed by atoms with E-state index >= 15 is 0 Å². The van der Waals surface area contributed by atoms with Gasteiger partial charge >= 0.3 is 5.97 Å². The Labute approximate surface area is 133 Å². The van der Waals surface area contributed by atoms with Crippen molar-refractivity contribution in [2.45, 2.75) is 51.0 Å². The van der Waals surface area contributed by atoms with Crippen molar-refractivity contribution in [1.82, 2.24) is 5.32 Å². The third kappa shape index (κ3) is 3.67. The first-order valence-corrected chi connectivity index (χ1v) is 7.67. The number of carbonyl (C=O) groups excluding carboxylic acids is 1. The maximum atomic E-state index is 12.5. The molecular weight excluding hydrogens is 300 g/mol. The zero-order valence-corrected chi connectivity index (χ0v) is 13.0. The van der Waals surface area contributed by atoms with Gasteiger partial charge in [-0.25, -0.2) is 4.79 Å². The van der Waals surface area contributed by atoms with Crippen molar-refractivity contribution in [3.05, 3.63) is 39.4 Å². The number of carbonyl (C=O) groups is 2. The Morgan fingerprint density at radius 2 is 1.83 bits per heavy atom.